The average molecular weight is 333 g/mol. The van der Waals surface area contributed by atoms with E-state index in [4.69, 9.17) is 4.74 Å². The fraction of sp³-hybridized carbons (Fsp3) is 0.714. The summed E-state index contributed by atoms with van der Waals surface area (Å²) in [6.45, 7) is 3.25. The summed E-state index contributed by atoms with van der Waals surface area (Å²) in [6.07, 6.45) is 14.3. The van der Waals surface area contributed by atoms with E-state index >= 15 is 0 Å². The summed E-state index contributed by atoms with van der Waals surface area (Å²) >= 11 is 4.42. The number of ether oxygens (including phenoxy) is 1. The van der Waals surface area contributed by atoms with Crippen molar-refractivity contribution in [3.8, 4) is 0 Å². The van der Waals surface area contributed by atoms with Gasteiger partial charge in [-0.25, -0.2) is 0 Å². The Hall–Kier alpha value is -0.470. The second kappa shape index (κ2) is 7.61. The number of unbranched alkanes of at least 4 members (excludes halogenated alkanes) is 4. The van der Waals surface area contributed by atoms with Gasteiger partial charge in [-0.3, -0.25) is 0 Å². The van der Waals surface area contributed by atoms with Gasteiger partial charge in [0, 0.05) is 11.5 Å². The normalized spacial score (nSPS) is 29.8. The van der Waals surface area contributed by atoms with E-state index in [2.05, 4.69) is 43.8 Å². The van der Waals surface area contributed by atoms with Crippen molar-refractivity contribution in [3.63, 3.8) is 0 Å². The van der Waals surface area contributed by atoms with Gasteiger partial charge in [0.15, 0.2) is 0 Å². The van der Waals surface area contributed by atoms with Gasteiger partial charge in [0.1, 0.15) is 0 Å². The van der Waals surface area contributed by atoms with E-state index in [-0.39, 0.29) is 5.60 Å². The van der Waals surface area contributed by atoms with Gasteiger partial charge >= 0.3 is 0 Å². The molecular formula is C21H32OS. The van der Waals surface area contributed by atoms with E-state index in [1.807, 2.05) is 0 Å². The van der Waals surface area contributed by atoms with Crippen molar-refractivity contribution < 1.29 is 4.74 Å². The van der Waals surface area contributed by atoms with Crippen LogP contribution in [0.25, 0.3) is 0 Å². The molecule has 0 radical (unpaired) electrons. The molecule has 3 aliphatic carbocycles. The zero-order chi connectivity index (χ0) is 16.2. The number of rotatable bonds is 8. The second-order valence-corrected chi connectivity index (χ2v) is 8.29. The van der Waals surface area contributed by atoms with Gasteiger partial charge in [0.05, 0.1) is 5.60 Å². The largest absolute Gasteiger partial charge is 0.375 e. The molecule has 4 rings (SSSR count). The molecule has 1 aromatic rings. The average Bonchev–Trinajstić information content (AvgIpc) is 2.60. The SMILES string of the molecule is CCCCCCCOC12CCC(c3ccc(S)cc3)(CC1)CC2. The zero-order valence-electron chi connectivity index (χ0n) is 14.7. The molecule has 0 heterocycles. The van der Waals surface area contributed by atoms with Crippen molar-refractivity contribution in [1.29, 1.82) is 0 Å². The summed E-state index contributed by atoms with van der Waals surface area (Å²) in [6, 6.07) is 8.90. The Morgan fingerprint density at radius 1 is 0.870 bits per heavy atom. The van der Waals surface area contributed by atoms with Crippen LogP contribution < -0.4 is 0 Å². The lowest BCUT2D eigenvalue weighted by Gasteiger charge is -2.53. The van der Waals surface area contributed by atoms with Crippen molar-refractivity contribution in [3.05, 3.63) is 29.8 Å². The van der Waals surface area contributed by atoms with Crippen LogP contribution in [0.3, 0.4) is 0 Å². The highest BCUT2D eigenvalue weighted by Crippen LogP contribution is 2.55. The van der Waals surface area contributed by atoms with E-state index in [9.17, 15) is 0 Å². The van der Waals surface area contributed by atoms with Gasteiger partial charge in [-0.05, 0) is 68.1 Å². The Morgan fingerprint density at radius 3 is 2.09 bits per heavy atom. The summed E-state index contributed by atoms with van der Waals surface area (Å²) < 4.78 is 6.43. The summed E-state index contributed by atoms with van der Waals surface area (Å²) in [4.78, 5) is 1.07. The number of hydrogen-bond donors (Lipinski definition) is 1. The number of hydrogen-bond acceptors (Lipinski definition) is 2. The van der Waals surface area contributed by atoms with Crippen molar-refractivity contribution in [2.75, 3.05) is 6.61 Å². The summed E-state index contributed by atoms with van der Waals surface area (Å²) in [7, 11) is 0. The third kappa shape index (κ3) is 3.96. The highest BCUT2D eigenvalue weighted by atomic mass is 32.1. The molecule has 3 aliphatic rings. The molecule has 3 fully saturated rings. The molecule has 0 spiro atoms. The number of thiol groups is 1. The van der Waals surface area contributed by atoms with Crippen molar-refractivity contribution in [2.45, 2.75) is 93.5 Å². The molecule has 23 heavy (non-hydrogen) atoms. The lowest BCUT2D eigenvalue weighted by molar-refractivity contribution is -0.119. The van der Waals surface area contributed by atoms with Gasteiger partial charge in [0.25, 0.3) is 0 Å². The minimum absolute atomic E-state index is 0.218. The first-order valence-electron chi connectivity index (χ1n) is 9.62. The molecule has 2 bridgehead atoms. The first-order valence-corrected chi connectivity index (χ1v) is 10.1. The summed E-state index contributed by atoms with van der Waals surface area (Å²) in [5.41, 5.74) is 2.17. The molecule has 0 aliphatic heterocycles. The molecule has 1 nitrogen and oxygen atoms in total. The summed E-state index contributed by atoms with van der Waals surface area (Å²) in [5.74, 6) is 0. The minimum atomic E-state index is 0.218. The number of fused-ring (bicyclic) bond motifs is 3. The van der Waals surface area contributed by atoms with Crippen LogP contribution in [-0.4, -0.2) is 12.2 Å². The van der Waals surface area contributed by atoms with Crippen LogP contribution in [0.15, 0.2) is 29.2 Å². The zero-order valence-corrected chi connectivity index (χ0v) is 15.5. The molecule has 0 amide bonds. The van der Waals surface area contributed by atoms with Crippen LogP contribution >= 0.6 is 12.6 Å². The topological polar surface area (TPSA) is 9.23 Å². The molecule has 2 heteroatoms. The molecule has 0 N–H and O–H groups in total. The first-order chi connectivity index (χ1) is 11.2. The van der Waals surface area contributed by atoms with Gasteiger partial charge in [0.2, 0.25) is 0 Å². The predicted octanol–water partition coefficient (Wildman–Crippen LogP) is 6.31. The molecule has 128 valence electrons. The quantitative estimate of drug-likeness (QED) is 0.434. The van der Waals surface area contributed by atoms with E-state index in [1.165, 1.54) is 76.2 Å². The monoisotopic (exact) mass is 332 g/mol. The molecule has 0 saturated heterocycles. The Kier molecular flexibility index (Phi) is 5.74. The highest BCUT2D eigenvalue weighted by molar-refractivity contribution is 7.80. The lowest BCUT2D eigenvalue weighted by atomic mass is 9.56. The Morgan fingerprint density at radius 2 is 1.48 bits per heavy atom. The van der Waals surface area contributed by atoms with E-state index in [0.29, 0.717) is 5.41 Å². The maximum absolute atomic E-state index is 6.43. The molecule has 3 saturated carbocycles. The van der Waals surface area contributed by atoms with Gasteiger partial charge in [-0.15, -0.1) is 12.6 Å². The minimum Gasteiger partial charge on any atom is -0.375 e. The van der Waals surface area contributed by atoms with E-state index in [0.717, 1.165) is 11.5 Å². The Bertz CT molecular complexity index is 469. The van der Waals surface area contributed by atoms with E-state index < -0.39 is 0 Å². The summed E-state index contributed by atoms with van der Waals surface area (Å²) in [5, 5.41) is 0. The number of benzene rings is 1. The van der Waals surface area contributed by atoms with Crippen LogP contribution in [-0.2, 0) is 10.2 Å². The lowest BCUT2D eigenvalue weighted by Crippen LogP contribution is -2.49. The Labute approximate surface area is 147 Å². The Balaban J connectivity index is 1.50. The van der Waals surface area contributed by atoms with E-state index in [1.54, 1.807) is 0 Å². The van der Waals surface area contributed by atoms with Gasteiger partial charge in [-0.1, -0.05) is 44.7 Å². The molecule has 0 aromatic heterocycles. The third-order valence-electron chi connectivity index (χ3n) is 6.31. The van der Waals surface area contributed by atoms with Crippen molar-refractivity contribution in [1.82, 2.24) is 0 Å². The highest BCUT2D eigenvalue weighted by Gasteiger charge is 2.49. The standard InChI is InChI=1S/C21H32OS/c1-2-3-4-5-6-17-22-21-14-11-20(12-15-21,13-16-21)18-7-9-19(23)10-8-18/h7-10,23H,2-6,11-17H2,1H3. The molecule has 0 unspecified atom stereocenters. The molecule has 0 atom stereocenters. The van der Waals surface area contributed by atoms with Crippen LogP contribution in [0.1, 0.15) is 83.1 Å². The van der Waals surface area contributed by atoms with Crippen LogP contribution in [0, 0.1) is 0 Å². The predicted molar refractivity (Wildman–Crippen MR) is 101 cm³/mol. The van der Waals surface area contributed by atoms with Crippen LogP contribution in [0.2, 0.25) is 0 Å². The van der Waals surface area contributed by atoms with Crippen LogP contribution in [0.5, 0.6) is 0 Å². The first kappa shape index (κ1) is 17.4. The smallest absolute Gasteiger partial charge is 0.0683 e. The van der Waals surface area contributed by atoms with Gasteiger partial charge in [-0.2, -0.15) is 0 Å². The van der Waals surface area contributed by atoms with Gasteiger partial charge < -0.3 is 4.74 Å². The van der Waals surface area contributed by atoms with Crippen molar-refractivity contribution >= 4 is 12.6 Å². The third-order valence-corrected chi connectivity index (χ3v) is 6.61. The maximum Gasteiger partial charge on any atom is 0.0683 e. The second-order valence-electron chi connectivity index (χ2n) is 7.77. The fourth-order valence-corrected chi connectivity index (χ4v) is 4.76. The van der Waals surface area contributed by atoms with Crippen LogP contribution in [0.4, 0.5) is 0 Å². The fourth-order valence-electron chi connectivity index (χ4n) is 4.61. The maximum atomic E-state index is 6.43. The van der Waals surface area contributed by atoms with Crippen molar-refractivity contribution in [2.24, 2.45) is 0 Å². The molecule has 1 aromatic carbocycles. The molecular weight excluding hydrogens is 300 g/mol.